The minimum Gasteiger partial charge on any atom is -0.372 e. The molecule has 1 aromatic heterocycles. The largest absolute Gasteiger partial charge is 0.372 e. The van der Waals surface area contributed by atoms with Gasteiger partial charge in [0.05, 0.1) is 24.3 Å². The fourth-order valence-electron chi connectivity index (χ4n) is 3.82. The molecule has 2 amide bonds. The predicted molar refractivity (Wildman–Crippen MR) is 125 cm³/mol. The summed E-state index contributed by atoms with van der Waals surface area (Å²) in [5.74, 6) is -0.0632. The van der Waals surface area contributed by atoms with Gasteiger partial charge in [-0.05, 0) is 31.5 Å². The van der Waals surface area contributed by atoms with Gasteiger partial charge in [0, 0.05) is 36.1 Å². The number of hydrogen-bond acceptors (Lipinski definition) is 5. The molecule has 0 aliphatic carbocycles. The van der Waals surface area contributed by atoms with Gasteiger partial charge in [-0.15, -0.1) is 11.3 Å². The molecule has 0 saturated carbocycles. The van der Waals surface area contributed by atoms with Gasteiger partial charge < -0.3 is 15.0 Å². The molecule has 6 nitrogen and oxygen atoms in total. The van der Waals surface area contributed by atoms with E-state index in [4.69, 9.17) is 4.74 Å². The lowest BCUT2D eigenvalue weighted by atomic mass is 10.1. The molecule has 1 aliphatic rings. The fourth-order valence-corrected chi connectivity index (χ4v) is 4.65. The minimum atomic E-state index is -0.0774. The van der Waals surface area contributed by atoms with Crippen molar-refractivity contribution in [3.8, 4) is 10.6 Å². The van der Waals surface area contributed by atoms with Crippen LogP contribution in [0.3, 0.4) is 0 Å². The van der Waals surface area contributed by atoms with E-state index in [1.807, 2.05) is 78.7 Å². The van der Waals surface area contributed by atoms with Crippen LogP contribution in [0.1, 0.15) is 35.5 Å². The first-order valence-corrected chi connectivity index (χ1v) is 11.7. The molecular weight excluding hydrogens is 422 g/mol. The van der Waals surface area contributed by atoms with Crippen molar-refractivity contribution >= 4 is 23.2 Å². The zero-order valence-electron chi connectivity index (χ0n) is 18.3. The van der Waals surface area contributed by atoms with E-state index >= 15 is 0 Å². The summed E-state index contributed by atoms with van der Waals surface area (Å²) in [6, 6.07) is 17.4. The topological polar surface area (TPSA) is 71.5 Å². The van der Waals surface area contributed by atoms with Crippen LogP contribution >= 0.6 is 11.3 Å². The molecule has 1 aliphatic heterocycles. The Morgan fingerprint density at radius 3 is 2.44 bits per heavy atom. The zero-order chi connectivity index (χ0) is 22.5. The van der Waals surface area contributed by atoms with Gasteiger partial charge in [0.1, 0.15) is 5.01 Å². The smallest absolute Gasteiger partial charge is 0.254 e. The lowest BCUT2D eigenvalue weighted by molar-refractivity contribution is -0.120. The normalized spacial score (nSPS) is 18.4. The van der Waals surface area contributed by atoms with Gasteiger partial charge >= 0.3 is 0 Å². The Hall–Kier alpha value is -3.03. The van der Waals surface area contributed by atoms with Crippen molar-refractivity contribution in [3.05, 3.63) is 76.8 Å². The molecule has 0 radical (unpaired) electrons. The predicted octanol–water partition coefficient (Wildman–Crippen LogP) is 3.92. The van der Waals surface area contributed by atoms with Crippen LogP contribution in [-0.4, -0.2) is 47.0 Å². The Kier molecular flexibility index (Phi) is 6.97. The standard InChI is InChI=1S/C25H27N3O3S/c1-17-14-28(15-18(2)31-17)25(30)21-10-8-19(9-11-21)13-26-23(29)12-22-16-32-24(27-22)20-6-4-3-5-7-20/h3-11,16-18H,12-15H2,1-2H3,(H,26,29). The third-order valence-corrected chi connectivity index (χ3v) is 6.25. The molecule has 2 atom stereocenters. The summed E-state index contributed by atoms with van der Waals surface area (Å²) < 4.78 is 5.70. The van der Waals surface area contributed by atoms with Crippen molar-refractivity contribution < 1.29 is 14.3 Å². The van der Waals surface area contributed by atoms with E-state index < -0.39 is 0 Å². The molecule has 2 aromatic carbocycles. The Labute approximate surface area is 192 Å². The van der Waals surface area contributed by atoms with Crippen LogP contribution < -0.4 is 5.32 Å². The zero-order valence-corrected chi connectivity index (χ0v) is 19.1. The highest BCUT2D eigenvalue weighted by Gasteiger charge is 2.26. The number of benzene rings is 2. The van der Waals surface area contributed by atoms with Crippen molar-refractivity contribution in [1.82, 2.24) is 15.2 Å². The maximum absolute atomic E-state index is 12.8. The van der Waals surface area contributed by atoms with Gasteiger partial charge in [-0.1, -0.05) is 42.5 Å². The van der Waals surface area contributed by atoms with Crippen LogP contribution in [0.15, 0.2) is 60.0 Å². The maximum Gasteiger partial charge on any atom is 0.254 e. The second-order valence-corrected chi connectivity index (χ2v) is 8.99. The summed E-state index contributed by atoms with van der Waals surface area (Å²) in [4.78, 5) is 31.5. The molecule has 1 N–H and O–H groups in total. The molecule has 7 heteroatoms. The van der Waals surface area contributed by atoms with Crippen molar-refractivity contribution in [1.29, 1.82) is 0 Å². The number of thiazole rings is 1. The summed E-state index contributed by atoms with van der Waals surface area (Å²) in [6.45, 7) is 5.58. The van der Waals surface area contributed by atoms with Gasteiger partial charge in [-0.2, -0.15) is 0 Å². The Morgan fingerprint density at radius 2 is 1.75 bits per heavy atom. The number of aromatic nitrogens is 1. The summed E-state index contributed by atoms with van der Waals surface area (Å²) in [5, 5.41) is 5.77. The average Bonchev–Trinajstić information content (AvgIpc) is 3.26. The second-order valence-electron chi connectivity index (χ2n) is 8.13. The first-order chi connectivity index (χ1) is 15.5. The second kappa shape index (κ2) is 10.1. The fraction of sp³-hybridized carbons (Fsp3) is 0.320. The lowest BCUT2D eigenvalue weighted by Crippen LogP contribution is -2.48. The summed E-state index contributed by atoms with van der Waals surface area (Å²) in [6.07, 6.45) is 0.324. The number of rotatable bonds is 6. The number of carbonyl (C=O) groups excluding carboxylic acids is 2. The van der Waals surface area contributed by atoms with Crippen LogP contribution in [-0.2, 0) is 22.5 Å². The van der Waals surface area contributed by atoms with E-state index in [0.29, 0.717) is 25.2 Å². The molecule has 166 valence electrons. The third-order valence-electron chi connectivity index (χ3n) is 5.31. The van der Waals surface area contributed by atoms with Gasteiger partial charge in [0.25, 0.3) is 5.91 Å². The van der Waals surface area contributed by atoms with Gasteiger partial charge in [-0.25, -0.2) is 4.98 Å². The molecule has 4 rings (SSSR count). The first-order valence-electron chi connectivity index (χ1n) is 10.8. The van der Waals surface area contributed by atoms with Crippen molar-refractivity contribution in [3.63, 3.8) is 0 Å². The van der Waals surface area contributed by atoms with E-state index in [-0.39, 0.29) is 30.4 Å². The van der Waals surface area contributed by atoms with E-state index in [1.165, 1.54) is 0 Å². The highest BCUT2D eigenvalue weighted by atomic mass is 32.1. The minimum absolute atomic E-state index is 0.0142. The lowest BCUT2D eigenvalue weighted by Gasteiger charge is -2.35. The highest BCUT2D eigenvalue weighted by Crippen LogP contribution is 2.23. The molecule has 2 heterocycles. The van der Waals surface area contributed by atoms with Crippen LogP contribution in [0, 0.1) is 0 Å². The third kappa shape index (κ3) is 5.60. The van der Waals surface area contributed by atoms with Crippen molar-refractivity contribution in [2.45, 2.75) is 39.0 Å². The highest BCUT2D eigenvalue weighted by molar-refractivity contribution is 7.13. The summed E-state index contributed by atoms with van der Waals surface area (Å²) in [7, 11) is 0. The van der Waals surface area contributed by atoms with Crippen LogP contribution in [0.4, 0.5) is 0 Å². The molecular formula is C25H27N3O3S. The van der Waals surface area contributed by atoms with E-state index in [0.717, 1.165) is 21.8 Å². The monoisotopic (exact) mass is 449 g/mol. The van der Waals surface area contributed by atoms with Crippen molar-refractivity contribution in [2.24, 2.45) is 0 Å². The SMILES string of the molecule is CC1CN(C(=O)c2ccc(CNC(=O)Cc3csc(-c4ccccc4)n3)cc2)CC(C)O1. The number of morpholine rings is 1. The number of nitrogens with one attached hydrogen (secondary N) is 1. The number of hydrogen-bond donors (Lipinski definition) is 1. The van der Waals surface area contributed by atoms with Crippen molar-refractivity contribution in [2.75, 3.05) is 13.1 Å². The maximum atomic E-state index is 12.8. The number of nitrogens with zero attached hydrogens (tertiary/aromatic N) is 2. The average molecular weight is 450 g/mol. The van der Waals surface area contributed by atoms with E-state index in [2.05, 4.69) is 10.3 Å². The molecule has 1 fully saturated rings. The van der Waals surface area contributed by atoms with Gasteiger partial charge in [-0.3, -0.25) is 9.59 Å². The van der Waals surface area contributed by atoms with Crippen LogP contribution in [0.2, 0.25) is 0 Å². The molecule has 0 spiro atoms. The Bertz CT molecular complexity index is 1060. The number of ether oxygens (including phenoxy) is 1. The van der Waals surface area contributed by atoms with Crippen LogP contribution in [0.25, 0.3) is 10.6 Å². The van der Waals surface area contributed by atoms with Gasteiger partial charge in [0.15, 0.2) is 0 Å². The molecule has 2 unspecified atom stereocenters. The van der Waals surface area contributed by atoms with Gasteiger partial charge in [0.2, 0.25) is 5.91 Å². The Morgan fingerprint density at radius 1 is 1.06 bits per heavy atom. The molecule has 3 aromatic rings. The van der Waals surface area contributed by atoms with Crippen LogP contribution in [0.5, 0.6) is 0 Å². The summed E-state index contributed by atoms with van der Waals surface area (Å²) >= 11 is 1.54. The number of carbonyl (C=O) groups is 2. The number of amides is 2. The quantitative estimate of drug-likeness (QED) is 0.619. The van der Waals surface area contributed by atoms with E-state index in [1.54, 1.807) is 11.3 Å². The first kappa shape index (κ1) is 22.2. The molecule has 32 heavy (non-hydrogen) atoms. The molecule has 1 saturated heterocycles. The molecule has 0 bridgehead atoms. The van der Waals surface area contributed by atoms with E-state index in [9.17, 15) is 9.59 Å². The summed E-state index contributed by atoms with van der Waals surface area (Å²) in [5.41, 5.74) is 3.42. The Balaban J connectivity index is 1.28.